The molecule has 2 amide bonds. The van der Waals surface area contributed by atoms with Crippen molar-refractivity contribution in [2.75, 3.05) is 6.61 Å². The van der Waals surface area contributed by atoms with E-state index in [0.29, 0.717) is 6.42 Å². The van der Waals surface area contributed by atoms with Crippen LogP contribution in [-0.4, -0.2) is 28.9 Å². The number of aromatic hydroxyl groups is 1. The van der Waals surface area contributed by atoms with E-state index in [1.54, 1.807) is 12.1 Å². The fourth-order valence-electron chi connectivity index (χ4n) is 2.38. The molecule has 0 bridgehead atoms. The number of aliphatic hydroxyl groups is 1. The molecule has 5 nitrogen and oxygen atoms in total. The average Bonchev–Trinajstić information content (AvgIpc) is 2.55. The molecule has 0 saturated carbocycles. The number of rotatable bonds is 6. The van der Waals surface area contributed by atoms with Crippen molar-refractivity contribution < 1.29 is 15.0 Å². The fourth-order valence-corrected chi connectivity index (χ4v) is 2.38. The Kier molecular flexibility index (Phi) is 6.00. The number of amides is 2. The highest BCUT2D eigenvalue weighted by Gasteiger charge is 2.15. The maximum atomic E-state index is 12.1. The van der Waals surface area contributed by atoms with E-state index in [4.69, 9.17) is 0 Å². The van der Waals surface area contributed by atoms with Crippen LogP contribution in [0.15, 0.2) is 54.6 Å². The lowest BCUT2D eigenvalue weighted by Gasteiger charge is -2.20. The number of benzene rings is 2. The molecule has 0 radical (unpaired) electrons. The summed E-state index contributed by atoms with van der Waals surface area (Å²) in [6.07, 6.45) is 0.656. The number of aliphatic hydroxyl groups excluding tert-OH is 1. The Morgan fingerprint density at radius 2 is 1.70 bits per heavy atom. The van der Waals surface area contributed by atoms with Crippen molar-refractivity contribution in [3.8, 4) is 5.75 Å². The Labute approximate surface area is 136 Å². The first-order valence-electron chi connectivity index (χ1n) is 7.59. The standard InChI is InChI=1S/C18H22N2O3/c1-13(11-14-7-9-16(22)10-8-14)19-18(23)20-17(12-21)15-5-3-2-4-6-15/h2-10,13,17,21-22H,11-12H2,1H3,(H2,19,20,23). The molecule has 2 aromatic rings. The monoisotopic (exact) mass is 314 g/mol. The van der Waals surface area contributed by atoms with Gasteiger partial charge in [-0.25, -0.2) is 4.79 Å². The first-order valence-corrected chi connectivity index (χ1v) is 7.59. The largest absolute Gasteiger partial charge is 0.508 e. The molecule has 0 aliphatic rings. The van der Waals surface area contributed by atoms with Gasteiger partial charge in [0, 0.05) is 6.04 Å². The Balaban J connectivity index is 1.86. The minimum absolute atomic E-state index is 0.0744. The van der Waals surface area contributed by atoms with E-state index in [2.05, 4.69) is 10.6 Å². The van der Waals surface area contributed by atoms with Crippen LogP contribution in [0.4, 0.5) is 4.79 Å². The average molecular weight is 314 g/mol. The fraction of sp³-hybridized carbons (Fsp3) is 0.278. The smallest absolute Gasteiger partial charge is 0.315 e. The van der Waals surface area contributed by atoms with Crippen molar-refractivity contribution in [2.45, 2.75) is 25.4 Å². The topological polar surface area (TPSA) is 81.6 Å². The predicted molar refractivity (Wildman–Crippen MR) is 89.2 cm³/mol. The zero-order valence-corrected chi connectivity index (χ0v) is 13.1. The lowest BCUT2D eigenvalue weighted by atomic mass is 10.1. The van der Waals surface area contributed by atoms with Crippen molar-refractivity contribution in [1.29, 1.82) is 0 Å². The summed E-state index contributed by atoms with van der Waals surface area (Å²) in [6.45, 7) is 1.74. The SMILES string of the molecule is CC(Cc1ccc(O)cc1)NC(=O)NC(CO)c1ccccc1. The molecule has 0 heterocycles. The van der Waals surface area contributed by atoms with Crippen molar-refractivity contribution in [3.05, 3.63) is 65.7 Å². The Morgan fingerprint density at radius 1 is 1.04 bits per heavy atom. The minimum atomic E-state index is -0.433. The molecule has 0 fully saturated rings. The number of hydrogen-bond acceptors (Lipinski definition) is 3. The second-order valence-corrected chi connectivity index (χ2v) is 5.54. The highest BCUT2D eigenvalue weighted by atomic mass is 16.3. The third-order valence-electron chi connectivity index (χ3n) is 3.55. The van der Waals surface area contributed by atoms with Crippen molar-refractivity contribution in [1.82, 2.24) is 10.6 Å². The van der Waals surface area contributed by atoms with Crippen LogP contribution in [0.3, 0.4) is 0 Å². The summed E-state index contributed by atoms with van der Waals surface area (Å²) in [7, 11) is 0. The maximum absolute atomic E-state index is 12.1. The van der Waals surface area contributed by atoms with E-state index in [1.807, 2.05) is 49.4 Å². The molecule has 0 spiro atoms. The lowest BCUT2D eigenvalue weighted by molar-refractivity contribution is 0.214. The highest BCUT2D eigenvalue weighted by molar-refractivity contribution is 5.74. The van der Waals surface area contributed by atoms with Crippen molar-refractivity contribution >= 4 is 6.03 Å². The minimum Gasteiger partial charge on any atom is -0.508 e. The van der Waals surface area contributed by atoms with E-state index in [1.165, 1.54) is 0 Å². The molecule has 4 N–H and O–H groups in total. The maximum Gasteiger partial charge on any atom is 0.315 e. The molecule has 23 heavy (non-hydrogen) atoms. The van der Waals surface area contributed by atoms with Gasteiger partial charge in [-0.3, -0.25) is 0 Å². The van der Waals surface area contributed by atoms with Gasteiger partial charge in [0.25, 0.3) is 0 Å². The first kappa shape index (κ1) is 16.8. The second-order valence-electron chi connectivity index (χ2n) is 5.54. The number of urea groups is 1. The lowest BCUT2D eigenvalue weighted by Crippen LogP contribution is -2.43. The molecule has 2 atom stereocenters. The van der Waals surface area contributed by atoms with E-state index in [-0.39, 0.29) is 24.4 Å². The molecular weight excluding hydrogens is 292 g/mol. The van der Waals surface area contributed by atoms with Gasteiger partial charge in [-0.1, -0.05) is 42.5 Å². The summed E-state index contributed by atoms with van der Waals surface area (Å²) in [5.74, 6) is 0.223. The van der Waals surface area contributed by atoms with Gasteiger partial charge in [-0.2, -0.15) is 0 Å². The number of carbonyl (C=O) groups excluding carboxylic acids is 1. The van der Waals surface area contributed by atoms with Gasteiger partial charge < -0.3 is 20.8 Å². The van der Waals surface area contributed by atoms with Gasteiger partial charge in [0.05, 0.1) is 12.6 Å². The Morgan fingerprint density at radius 3 is 2.30 bits per heavy atom. The normalized spacial score (nSPS) is 13.1. The molecule has 5 heteroatoms. The molecular formula is C18H22N2O3. The first-order chi connectivity index (χ1) is 11.1. The quantitative estimate of drug-likeness (QED) is 0.660. The van der Waals surface area contributed by atoms with Crippen LogP contribution in [0.1, 0.15) is 24.1 Å². The summed E-state index contributed by atoms with van der Waals surface area (Å²) in [6, 6.07) is 15.4. The van der Waals surface area contributed by atoms with Crippen LogP contribution < -0.4 is 10.6 Å². The van der Waals surface area contributed by atoms with E-state index < -0.39 is 6.04 Å². The van der Waals surface area contributed by atoms with Crippen LogP contribution >= 0.6 is 0 Å². The highest BCUT2D eigenvalue weighted by Crippen LogP contribution is 2.12. The van der Waals surface area contributed by atoms with Crippen LogP contribution in [0, 0.1) is 0 Å². The number of phenols is 1. The van der Waals surface area contributed by atoms with Crippen LogP contribution in [0.2, 0.25) is 0 Å². The zero-order valence-electron chi connectivity index (χ0n) is 13.1. The number of nitrogens with one attached hydrogen (secondary N) is 2. The van der Waals surface area contributed by atoms with Crippen molar-refractivity contribution in [2.24, 2.45) is 0 Å². The summed E-state index contributed by atoms with van der Waals surface area (Å²) in [5.41, 5.74) is 1.88. The number of carbonyl (C=O) groups is 1. The number of hydrogen-bond donors (Lipinski definition) is 4. The molecule has 2 rings (SSSR count). The Hall–Kier alpha value is -2.53. The zero-order chi connectivity index (χ0) is 16.7. The van der Waals surface area contributed by atoms with E-state index >= 15 is 0 Å². The molecule has 2 unspecified atom stereocenters. The van der Waals surface area contributed by atoms with E-state index in [0.717, 1.165) is 11.1 Å². The van der Waals surface area contributed by atoms with E-state index in [9.17, 15) is 15.0 Å². The summed E-state index contributed by atoms with van der Waals surface area (Å²) >= 11 is 0. The van der Waals surface area contributed by atoms with Gasteiger partial charge in [0.2, 0.25) is 0 Å². The molecule has 0 saturated heterocycles. The van der Waals surface area contributed by atoms with Gasteiger partial charge in [-0.05, 0) is 36.6 Å². The van der Waals surface area contributed by atoms with Gasteiger partial charge in [0.1, 0.15) is 5.75 Å². The van der Waals surface area contributed by atoms with Gasteiger partial charge in [-0.15, -0.1) is 0 Å². The summed E-state index contributed by atoms with van der Waals surface area (Å²) in [4.78, 5) is 12.1. The molecule has 0 aromatic heterocycles. The Bertz CT molecular complexity index is 614. The third kappa shape index (κ3) is 5.30. The second kappa shape index (κ2) is 8.19. The molecule has 0 aliphatic heterocycles. The van der Waals surface area contributed by atoms with Crippen LogP contribution in [0.25, 0.3) is 0 Å². The van der Waals surface area contributed by atoms with Gasteiger partial charge in [0.15, 0.2) is 0 Å². The summed E-state index contributed by atoms with van der Waals surface area (Å²) < 4.78 is 0. The van der Waals surface area contributed by atoms with Gasteiger partial charge >= 0.3 is 6.03 Å². The molecule has 2 aromatic carbocycles. The third-order valence-corrected chi connectivity index (χ3v) is 3.55. The number of phenolic OH excluding ortho intramolecular Hbond substituents is 1. The van der Waals surface area contributed by atoms with Crippen LogP contribution in [0.5, 0.6) is 5.75 Å². The molecule has 122 valence electrons. The molecule has 0 aliphatic carbocycles. The predicted octanol–water partition coefficient (Wildman–Crippen LogP) is 2.36. The van der Waals surface area contributed by atoms with Crippen LogP contribution in [-0.2, 0) is 6.42 Å². The summed E-state index contributed by atoms with van der Waals surface area (Å²) in [5, 5.41) is 24.3. The van der Waals surface area contributed by atoms with Crippen molar-refractivity contribution in [3.63, 3.8) is 0 Å².